The fourth-order valence-corrected chi connectivity index (χ4v) is 19.5. The Balaban J connectivity index is 4.29. The molecule has 28 heavy (non-hydrogen) atoms. The molecule has 0 aromatic rings. The first kappa shape index (κ1) is 29.0. The van der Waals surface area contributed by atoms with Crippen molar-refractivity contribution in [1.82, 2.24) is 0 Å². The van der Waals surface area contributed by atoms with Crippen molar-refractivity contribution in [2.75, 3.05) is 13.6 Å². The molecule has 0 aromatic heterocycles. The van der Waals surface area contributed by atoms with Crippen LogP contribution in [0.3, 0.4) is 0 Å². The Hall–Kier alpha value is 1.02. The van der Waals surface area contributed by atoms with E-state index in [4.69, 9.17) is 30.0 Å². The van der Waals surface area contributed by atoms with Crippen LogP contribution in [0.2, 0.25) is 85.1 Å². The van der Waals surface area contributed by atoms with E-state index in [1.54, 1.807) is 0 Å². The van der Waals surface area contributed by atoms with Gasteiger partial charge in [-0.25, -0.2) is 0 Å². The molecule has 0 saturated heterocycles. The Bertz CT molecular complexity index is 463. The van der Waals surface area contributed by atoms with E-state index >= 15 is 0 Å². The highest BCUT2D eigenvalue weighted by atomic mass is 28.4. The second kappa shape index (κ2) is 11.1. The van der Waals surface area contributed by atoms with Crippen LogP contribution in [-0.2, 0) is 30.0 Å². The van der Waals surface area contributed by atoms with Gasteiger partial charge in [0, 0.05) is 0 Å². The molecule has 0 saturated carbocycles. The molecule has 0 spiro atoms. The van der Waals surface area contributed by atoms with Crippen LogP contribution < -0.4 is 0 Å². The lowest BCUT2D eigenvalue weighted by molar-refractivity contribution is 0.0545. The maximum atomic E-state index is 6.15. The molecule has 0 bridgehead atoms. The fourth-order valence-electron chi connectivity index (χ4n) is 2.51. The molecule has 169 valence electrons. The molecule has 0 rings (SSSR count). The highest BCUT2D eigenvalue weighted by Gasteiger charge is 2.35. The third kappa shape index (κ3) is 16.8. The highest BCUT2D eigenvalue weighted by molar-refractivity contribution is 6.82. The molecule has 7 nitrogen and oxygen atoms in total. The Labute approximate surface area is 180 Å². The summed E-state index contributed by atoms with van der Waals surface area (Å²) in [5.41, 5.74) is 0. The Kier molecular flexibility index (Phi) is 11.5. The molecule has 0 unspecified atom stereocenters. The maximum absolute atomic E-state index is 6.15. The fraction of sp³-hybridized carbons (Fsp3) is 1.00. The third-order valence-corrected chi connectivity index (χ3v) is 17.9. The van der Waals surface area contributed by atoms with Crippen molar-refractivity contribution in [3.05, 3.63) is 0 Å². The summed E-state index contributed by atoms with van der Waals surface area (Å²) < 4.78 is 41.9. The predicted molar refractivity (Wildman–Crippen MR) is 128 cm³/mol. The molecule has 0 atom stereocenters. The van der Waals surface area contributed by atoms with Gasteiger partial charge in [0.05, 0.1) is 0 Å². The summed E-state index contributed by atoms with van der Waals surface area (Å²) in [5, 5.41) is 0. The van der Waals surface area contributed by atoms with Crippen LogP contribution in [0.15, 0.2) is 0 Å². The van der Waals surface area contributed by atoms with Crippen molar-refractivity contribution in [3.8, 4) is 0 Å². The van der Waals surface area contributed by atoms with Crippen LogP contribution in [0.4, 0.5) is 0 Å². The first-order valence-electron chi connectivity index (χ1n) is 9.70. The van der Waals surface area contributed by atoms with Crippen LogP contribution >= 0.6 is 0 Å². The van der Waals surface area contributed by atoms with Gasteiger partial charge in [0.15, 0.2) is 16.6 Å². The van der Waals surface area contributed by atoms with Crippen molar-refractivity contribution >= 4 is 51.6 Å². The van der Waals surface area contributed by atoms with Gasteiger partial charge in [-0.1, -0.05) is 0 Å². The van der Waals surface area contributed by atoms with E-state index in [1.807, 2.05) is 45.8 Å². The average Bonchev–Trinajstić information content (AvgIpc) is 2.29. The number of hydrogen-bond acceptors (Lipinski definition) is 7. The van der Waals surface area contributed by atoms with Gasteiger partial charge >= 0.3 is 35.0 Å². The Morgan fingerprint density at radius 2 is 0.893 bits per heavy atom. The van der Waals surface area contributed by atoms with Gasteiger partial charge in [0.1, 0.15) is 13.6 Å². The van der Waals surface area contributed by atoms with Crippen molar-refractivity contribution in [2.24, 2.45) is 0 Å². The maximum Gasteiger partial charge on any atom is 0.373 e. The molecule has 0 aliphatic carbocycles. The summed E-state index contributed by atoms with van der Waals surface area (Å²) in [5.74, 6) is 0. The summed E-state index contributed by atoms with van der Waals surface area (Å²) in [6.07, 6.45) is 0. The SMILES string of the molecule is C[Si](OCO[Si](C)(C)O[Si](C)(C)C)O[Si](C)(C)OCO[Si](C)(C)O[Si](C)(C)C. The lowest BCUT2D eigenvalue weighted by atomic mass is 11.6. The standard InChI is InChI=1S/C15H43O7Si6/c1-23(16-14-17-27(10,11)21-24(2,3)4)20-26(8,9)18-15-19-28(12,13)22-25(5,6)7/h14-15H2,1-13H3. The average molecular weight is 504 g/mol. The zero-order chi connectivity index (χ0) is 22.4. The summed E-state index contributed by atoms with van der Waals surface area (Å²) in [7, 11) is -11.5. The summed E-state index contributed by atoms with van der Waals surface area (Å²) in [4.78, 5) is 0. The summed E-state index contributed by atoms with van der Waals surface area (Å²) >= 11 is 0. The minimum Gasteiger partial charge on any atom is -0.436 e. The lowest BCUT2D eigenvalue weighted by Gasteiger charge is -2.33. The molecule has 1 radical (unpaired) electrons. The number of rotatable bonds is 14. The second-order valence-electron chi connectivity index (χ2n) is 10.0. The smallest absolute Gasteiger partial charge is 0.373 e. The van der Waals surface area contributed by atoms with Crippen molar-refractivity contribution in [2.45, 2.75) is 85.1 Å². The molecule has 0 heterocycles. The quantitative estimate of drug-likeness (QED) is 0.246. The first-order valence-corrected chi connectivity index (χ1v) is 26.8. The molecule has 0 aliphatic heterocycles. The molecule has 0 fully saturated rings. The number of hydrogen-bond donors (Lipinski definition) is 0. The van der Waals surface area contributed by atoms with Crippen LogP contribution in [0.5, 0.6) is 0 Å². The highest BCUT2D eigenvalue weighted by Crippen LogP contribution is 2.18. The van der Waals surface area contributed by atoms with Gasteiger partial charge in [-0.2, -0.15) is 0 Å². The normalized spacial score (nSPS) is 14.8. The van der Waals surface area contributed by atoms with E-state index in [2.05, 4.69) is 39.3 Å². The molecule has 0 amide bonds. The largest absolute Gasteiger partial charge is 0.436 e. The Morgan fingerprint density at radius 1 is 0.536 bits per heavy atom. The minimum atomic E-state index is -2.35. The van der Waals surface area contributed by atoms with Crippen LogP contribution in [0, 0.1) is 0 Å². The molecule has 0 aliphatic rings. The van der Waals surface area contributed by atoms with E-state index in [9.17, 15) is 0 Å². The Morgan fingerprint density at radius 3 is 1.29 bits per heavy atom. The van der Waals surface area contributed by atoms with Gasteiger partial charge in [0.25, 0.3) is 0 Å². The molecule has 13 heteroatoms. The van der Waals surface area contributed by atoms with Crippen molar-refractivity contribution in [3.63, 3.8) is 0 Å². The van der Waals surface area contributed by atoms with E-state index in [-0.39, 0.29) is 13.6 Å². The van der Waals surface area contributed by atoms with E-state index < -0.39 is 51.6 Å². The van der Waals surface area contributed by atoms with E-state index in [0.29, 0.717) is 0 Å². The zero-order valence-corrected chi connectivity index (χ0v) is 26.3. The third-order valence-electron chi connectivity index (χ3n) is 2.98. The molecule has 0 N–H and O–H groups in total. The van der Waals surface area contributed by atoms with E-state index in [1.165, 1.54) is 0 Å². The van der Waals surface area contributed by atoms with Crippen LogP contribution in [0.25, 0.3) is 0 Å². The molecular weight excluding hydrogens is 461 g/mol. The lowest BCUT2D eigenvalue weighted by Crippen LogP contribution is -2.48. The van der Waals surface area contributed by atoms with Gasteiger partial charge in [-0.3, -0.25) is 0 Å². The van der Waals surface area contributed by atoms with Crippen LogP contribution in [0.1, 0.15) is 0 Å². The minimum absolute atomic E-state index is 0.193. The summed E-state index contributed by atoms with van der Waals surface area (Å²) in [6.45, 7) is 27.5. The summed E-state index contributed by atoms with van der Waals surface area (Å²) in [6, 6.07) is 0. The molecule has 0 aromatic carbocycles. The zero-order valence-electron chi connectivity index (χ0n) is 20.3. The molecular formula is C15H43O7Si6. The van der Waals surface area contributed by atoms with Crippen LogP contribution in [-0.4, -0.2) is 65.2 Å². The second-order valence-corrected chi connectivity index (χ2v) is 31.5. The predicted octanol–water partition coefficient (Wildman–Crippen LogP) is 4.91. The first-order chi connectivity index (χ1) is 12.2. The van der Waals surface area contributed by atoms with Gasteiger partial charge in [0.2, 0.25) is 0 Å². The van der Waals surface area contributed by atoms with Crippen molar-refractivity contribution in [1.29, 1.82) is 0 Å². The topological polar surface area (TPSA) is 64.6 Å². The van der Waals surface area contributed by atoms with Crippen molar-refractivity contribution < 1.29 is 30.0 Å². The van der Waals surface area contributed by atoms with Gasteiger partial charge < -0.3 is 30.0 Å². The van der Waals surface area contributed by atoms with Gasteiger partial charge in [-0.05, 0) is 85.1 Å². The monoisotopic (exact) mass is 503 g/mol. The van der Waals surface area contributed by atoms with E-state index in [0.717, 1.165) is 0 Å². The van der Waals surface area contributed by atoms with Gasteiger partial charge in [-0.15, -0.1) is 0 Å².